The van der Waals surface area contributed by atoms with Gasteiger partial charge in [-0.2, -0.15) is 5.26 Å². The highest BCUT2D eigenvalue weighted by molar-refractivity contribution is 4.80. The Labute approximate surface area is 92.4 Å². The lowest BCUT2D eigenvalue weighted by Crippen LogP contribution is -2.46. The molecule has 0 aliphatic carbocycles. The minimum absolute atomic E-state index is 0.576. The molecule has 0 radical (unpaired) electrons. The van der Waals surface area contributed by atoms with E-state index in [2.05, 4.69) is 15.9 Å². The van der Waals surface area contributed by atoms with Crippen LogP contribution in [-0.4, -0.2) is 62.3 Å². The van der Waals surface area contributed by atoms with Crippen LogP contribution >= 0.6 is 0 Å². The summed E-state index contributed by atoms with van der Waals surface area (Å²) >= 11 is 0. The molecule has 0 bridgehead atoms. The predicted octanol–water partition coefficient (Wildman–Crippen LogP) is 0.554. The summed E-state index contributed by atoms with van der Waals surface area (Å²) in [7, 11) is 0. The van der Waals surface area contributed by atoms with Crippen LogP contribution in [0.2, 0.25) is 0 Å². The molecule has 86 valence electrons. The summed E-state index contributed by atoms with van der Waals surface area (Å²) in [5.74, 6) is 0. The molecule has 0 aromatic rings. The summed E-state index contributed by atoms with van der Waals surface area (Å²) in [6.07, 6.45) is 1.12. The van der Waals surface area contributed by atoms with Crippen molar-refractivity contribution in [1.82, 2.24) is 9.80 Å². The predicted molar refractivity (Wildman–Crippen MR) is 59.6 cm³/mol. The van der Waals surface area contributed by atoms with Gasteiger partial charge in [0.25, 0.3) is 0 Å². The van der Waals surface area contributed by atoms with E-state index in [1.165, 1.54) is 0 Å². The van der Waals surface area contributed by atoms with Gasteiger partial charge in [-0.15, -0.1) is 0 Å². The number of hydrogen-bond acceptors (Lipinski definition) is 4. The van der Waals surface area contributed by atoms with E-state index in [0.29, 0.717) is 6.54 Å². The molecule has 4 nitrogen and oxygen atoms in total. The first-order valence-electron chi connectivity index (χ1n) is 5.76. The fraction of sp³-hybridized carbons (Fsp3) is 0.909. The SMILES string of the molecule is CCOCCCN1CCN(CC#N)CC1. The maximum atomic E-state index is 8.56. The van der Waals surface area contributed by atoms with E-state index in [1.54, 1.807) is 0 Å². The van der Waals surface area contributed by atoms with Crippen LogP contribution < -0.4 is 0 Å². The molecule has 0 saturated carbocycles. The standard InChI is InChI=1S/C11H21N3O/c1-2-15-11-3-5-13-7-9-14(6-4-12)10-8-13/h2-3,5-11H2,1H3. The maximum Gasteiger partial charge on any atom is 0.0866 e. The number of nitrogens with zero attached hydrogens (tertiary/aromatic N) is 3. The first-order chi connectivity index (χ1) is 7.36. The number of nitriles is 1. The average Bonchev–Trinajstić information content (AvgIpc) is 2.27. The Bertz CT molecular complexity index is 194. The van der Waals surface area contributed by atoms with Crippen LogP contribution in [-0.2, 0) is 4.74 Å². The van der Waals surface area contributed by atoms with Gasteiger partial charge < -0.3 is 9.64 Å². The van der Waals surface area contributed by atoms with Crippen molar-refractivity contribution < 1.29 is 4.74 Å². The summed E-state index contributed by atoms with van der Waals surface area (Å²) in [5.41, 5.74) is 0. The topological polar surface area (TPSA) is 39.5 Å². The number of ether oxygens (including phenoxy) is 1. The molecule has 0 aromatic carbocycles. The molecule has 0 amide bonds. The van der Waals surface area contributed by atoms with E-state index in [1.807, 2.05) is 6.92 Å². The molecular formula is C11H21N3O. The zero-order valence-electron chi connectivity index (χ0n) is 9.61. The molecule has 1 saturated heterocycles. The van der Waals surface area contributed by atoms with Crippen LogP contribution in [0.1, 0.15) is 13.3 Å². The van der Waals surface area contributed by atoms with Gasteiger partial charge in [-0.3, -0.25) is 4.90 Å². The second kappa shape index (κ2) is 7.63. The summed E-state index contributed by atoms with van der Waals surface area (Å²) in [4.78, 5) is 4.66. The van der Waals surface area contributed by atoms with E-state index in [9.17, 15) is 0 Å². The van der Waals surface area contributed by atoms with Crippen molar-refractivity contribution in [3.05, 3.63) is 0 Å². The zero-order chi connectivity index (χ0) is 10.9. The molecule has 15 heavy (non-hydrogen) atoms. The summed E-state index contributed by atoms with van der Waals surface area (Å²) in [5, 5.41) is 8.56. The van der Waals surface area contributed by atoms with Crippen molar-refractivity contribution in [2.45, 2.75) is 13.3 Å². The van der Waals surface area contributed by atoms with E-state index < -0.39 is 0 Å². The highest BCUT2D eigenvalue weighted by Gasteiger charge is 2.15. The molecule has 0 unspecified atom stereocenters. The largest absolute Gasteiger partial charge is 0.382 e. The molecule has 1 rings (SSSR count). The summed E-state index contributed by atoms with van der Waals surface area (Å²) < 4.78 is 5.30. The average molecular weight is 211 g/mol. The van der Waals surface area contributed by atoms with Crippen LogP contribution in [0.3, 0.4) is 0 Å². The van der Waals surface area contributed by atoms with Gasteiger partial charge in [0.1, 0.15) is 0 Å². The lowest BCUT2D eigenvalue weighted by molar-refractivity contribution is 0.109. The molecule has 0 atom stereocenters. The summed E-state index contributed by atoms with van der Waals surface area (Å²) in [6, 6.07) is 2.20. The van der Waals surface area contributed by atoms with Crippen LogP contribution in [0.25, 0.3) is 0 Å². The molecule has 1 aliphatic rings. The van der Waals surface area contributed by atoms with Crippen LogP contribution in [0, 0.1) is 11.3 Å². The van der Waals surface area contributed by atoms with Crippen molar-refractivity contribution >= 4 is 0 Å². The minimum atomic E-state index is 0.576. The van der Waals surface area contributed by atoms with Crippen molar-refractivity contribution in [2.24, 2.45) is 0 Å². The molecule has 0 N–H and O–H groups in total. The molecule has 0 spiro atoms. The number of piperazine rings is 1. The smallest absolute Gasteiger partial charge is 0.0866 e. The Morgan fingerprint density at radius 3 is 2.47 bits per heavy atom. The fourth-order valence-corrected chi connectivity index (χ4v) is 1.81. The number of hydrogen-bond donors (Lipinski definition) is 0. The van der Waals surface area contributed by atoms with E-state index in [4.69, 9.17) is 10.00 Å². The highest BCUT2D eigenvalue weighted by Crippen LogP contribution is 2.01. The van der Waals surface area contributed by atoms with Crippen LogP contribution in [0.15, 0.2) is 0 Å². The Morgan fingerprint density at radius 2 is 1.87 bits per heavy atom. The van der Waals surface area contributed by atoms with Crippen molar-refractivity contribution in [3.8, 4) is 6.07 Å². The fourth-order valence-electron chi connectivity index (χ4n) is 1.81. The Kier molecular flexibility index (Phi) is 6.33. The van der Waals surface area contributed by atoms with Gasteiger partial charge in [0, 0.05) is 45.9 Å². The second-order valence-electron chi connectivity index (χ2n) is 3.83. The minimum Gasteiger partial charge on any atom is -0.382 e. The van der Waals surface area contributed by atoms with Crippen molar-refractivity contribution in [3.63, 3.8) is 0 Å². The first-order valence-corrected chi connectivity index (χ1v) is 5.76. The Morgan fingerprint density at radius 1 is 1.20 bits per heavy atom. The second-order valence-corrected chi connectivity index (χ2v) is 3.83. The van der Waals surface area contributed by atoms with E-state index in [0.717, 1.165) is 52.4 Å². The van der Waals surface area contributed by atoms with E-state index >= 15 is 0 Å². The van der Waals surface area contributed by atoms with Crippen molar-refractivity contribution in [1.29, 1.82) is 5.26 Å². The first kappa shape index (κ1) is 12.4. The van der Waals surface area contributed by atoms with E-state index in [-0.39, 0.29) is 0 Å². The molecule has 1 fully saturated rings. The molecule has 1 heterocycles. The Hall–Kier alpha value is -0.630. The van der Waals surface area contributed by atoms with Crippen LogP contribution in [0.4, 0.5) is 0 Å². The zero-order valence-corrected chi connectivity index (χ0v) is 9.61. The summed E-state index contributed by atoms with van der Waals surface area (Å²) in [6.45, 7) is 9.66. The molecule has 1 aliphatic heterocycles. The third-order valence-corrected chi connectivity index (χ3v) is 2.73. The molecule has 0 aromatic heterocycles. The van der Waals surface area contributed by atoms with Gasteiger partial charge in [-0.1, -0.05) is 0 Å². The highest BCUT2D eigenvalue weighted by atomic mass is 16.5. The van der Waals surface area contributed by atoms with Gasteiger partial charge in [0.2, 0.25) is 0 Å². The molecular weight excluding hydrogens is 190 g/mol. The lowest BCUT2D eigenvalue weighted by atomic mass is 10.3. The third kappa shape index (κ3) is 5.12. The van der Waals surface area contributed by atoms with Crippen LogP contribution in [0.5, 0.6) is 0 Å². The normalized spacial score (nSPS) is 18.9. The number of rotatable bonds is 6. The van der Waals surface area contributed by atoms with Crippen molar-refractivity contribution in [2.75, 3.05) is 52.5 Å². The molecule has 4 heteroatoms. The lowest BCUT2D eigenvalue weighted by Gasteiger charge is -2.33. The van der Waals surface area contributed by atoms with Gasteiger partial charge in [0.15, 0.2) is 0 Å². The third-order valence-electron chi connectivity index (χ3n) is 2.73. The van der Waals surface area contributed by atoms with Gasteiger partial charge in [0.05, 0.1) is 12.6 Å². The Balaban J connectivity index is 2.02. The van der Waals surface area contributed by atoms with Gasteiger partial charge in [-0.05, 0) is 13.3 Å². The maximum absolute atomic E-state index is 8.56. The quantitative estimate of drug-likeness (QED) is 0.475. The monoisotopic (exact) mass is 211 g/mol. The van der Waals surface area contributed by atoms with Gasteiger partial charge in [-0.25, -0.2) is 0 Å². The van der Waals surface area contributed by atoms with Gasteiger partial charge >= 0.3 is 0 Å².